The summed E-state index contributed by atoms with van der Waals surface area (Å²) in [6, 6.07) is 7.63. The van der Waals surface area contributed by atoms with E-state index in [0.717, 1.165) is 11.1 Å². The number of hydrogen-bond donors (Lipinski definition) is 0. The standard InChI is InChI=1S/C11H10O3/c1-13-7-10-9-5-3-2-4-8(9)6-14-11(10)12/h2-5,7H,6H2,1H3/b10-7-. The van der Waals surface area contributed by atoms with Gasteiger partial charge in [-0.05, 0) is 11.1 Å². The van der Waals surface area contributed by atoms with Crippen LogP contribution in [0.4, 0.5) is 0 Å². The van der Waals surface area contributed by atoms with Crippen molar-refractivity contribution in [3.05, 3.63) is 41.7 Å². The Morgan fingerprint density at radius 3 is 3.00 bits per heavy atom. The molecule has 0 N–H and O–H groups in total. The lowest BCUT2D eigenvalue weighted by Gasteiger charge is -2.17. The molecule has 1 aromatic carbocycles. The summed E-state index contributed by atoms with van der Waals surface area (Å²) in [6.45, 7) is 0.343. The maximum Gasteiger partial charge on any atom is 0.342 e. The van der Waals surface area contributed by atoms with Crippen molar-refractivity contribution in [2.45, 2.75) is 6.61 Å². The Morgan fingerprint density at radius 2 is 2.21 bits per heavy atom. The van der Waals surface area contributed by atoms with Gasteiger partial charge in [0, 0.05) is 0 Å². The highest BCUT2D eigenvalue weighted by molar-refractivity contribution is 6.17. The Morgan fingerprint density at radius 1 is 1.43 bits per heavy atom. The van der Waals surface area contributed by atoms with E-state index >= 15 is 0 Å². The van der Waals surface area contributed by atoms with E-state index in [9.17, 15) is 4.79 Å². The van der Waals surface area contributed by atoms with Crippen LogP contribution in [0.5, 0.6) is 0 Å². The summed E-state index contributed by atoms with van der Waals surface area (Å²) in [7, 11) is 1.51. The van der Waals surface area contributed by atoms with E-state index in [-0.39, 0.29) is 5.97 Å². The van der Waals surface area contributed by atoms with Gasteiger partial charge in [-0.2, -0.15) is 0 Å². The van der Waals surface area contributed by atoms with E-state index in [1.54, 1.807) is 0 Å². The molecule has 0 radical (unpaired) electrons. The van der Waals surface area contributed by atoms with Gasteiger partial charge in [0.1, 0.15) is 12.2 Å². The Balaban J connectivity index is 2.52. The van der Waals surface area contributed by atoms with Crippen LogP contribution in [0.15, 0.2) is 30.5 Å². The van der Waals surface area contributed by atoms with Gasteiger partial charge in [0.2, 0.25) is 0 Å². The average molecular weight is 190 g/mol. The first-order valence-electron chi connectivity index (χ1n) is 4.31. The smallest absolute Gasteiger partial charge is 0.342 e. The van der Waals surface area contributed by atoms with Crippen molar-refractivity contribution < 1.29 is 14.3 Å². The van der Waals surface area contributed by atoms with Crippen LogP contribution in [0.2, 0.25) is 0 Å². The van der Waals surface area contributed by atoms with Crippen LogP contribution >= 0.6 is 0 Å². The predicted molar refractivity (Wildman–Crippen MR) is 51.2 cm³/mol. The van der Waals surface area contributed by atoms with Crippen molar-refractivity contribution in [2.75, 3.05) is 7.11 Å². The molecule has 3 nitrogen and oxygen atoms in total. The van der Waals surface area contributed by atoms with Crippen LogP contribution in [-0.2, 0) is 20.9 Å². The number of esters is 1. The topological polar surface area (TPSA) is 35.5 Å². The zero-order valence-electron chi connectivity index (χ0n) is 7.82. The highest BCUT2D eigenvalue weighted by Crippen LogP contribution is 2.26. The van der Waals surface area contributed by atoms with Gasteiger partial charge in [0.15, 0.2) is 0 Å². The molecule has 0 saturated heterocycles. The third-order valence-electron chi connectivity index (χ3n) is 2.12. The van der Waals surface area contributed by atoms with Crippen LogP contribution in [-0.4, -0.2) is 13.1 Å². The fourth-order valence-corrected chi connectivity index (χ4v) is 1.47. The molecule has 0 bridgehead atoms. The fourth-order valence-electron chi connectivity index (χ4n) is 1.47. The summed E-state index contributed by atoms with van der Waals surface area (Å²) >= 11 is 0. The van der Waals surface area contributed by atoms with E-state index in [1.807, 2.05) is 24.3 Å². The van der Waals surface area contributed by atoms with Crippen molar-refractivity contribution in [1.82, 2.24) is 0 Å². The van der Waals surface area contributed by atoms with Crippen molar-refractivity contribution in [3.63, 3.8) is 0 Å². The van der Waals surface area contributed by atoms with E-state index in [0.29, 0.717) is 12.2 Å². The maximum absolute atomic E-state index is 11.4. The molecule has 0 spiro atoms. The number of rotatable bonds is 1. The zero-order chi connectivity index (χ0) is 9.97. The minimum Gasteiger partial charge on any atom is -0.503 e. The zero-order valence-corrected chi connectivity index (χ0v) is 7.82. The molecule has 14 heavy (non-hydrogen) atoms. The second-order valence-corrected chi connectivity index (χ2v) is 3.00. The van der Waals surface area contributed by atoms with Gasteiger partial charge >= 0.3 is 5.97 Å². The number of methoxy groups -OCH3 is 1. The van der Waals surface area contributed by atoms with Crippen LogP contribution in [0, 0.1) is 0 Å². The van der Waals surface area contributed by atoms with Crippen LogP contribution in [0.3, 0.4) is 0 Å². The fraction of sp³-hybridized carbons (Fsp3) is 0.182. The van der Waals surface area contributed by atoms with Gasteiger partial charge in [0.25, 0.3) is 0 Å². The Labute approximate surface area is 81.9 Å². The largest absolute Gasteiger partial charge is 0.503 e. The van der Waals surface area contributed by atoms with Gasteiger partial charge in [-0.25, -0.2) is 4.79 Å². The number of fused-ring (bicyclic) bond motifs is 1. The minimum atomic E-state index is -0.328. The van der Waals surface area contributed by atoms with E-state index in [2.05, 4.69) is 0 Å². The summed E-state index contributed by atoms with van der Waals surface area (Å²) in [5.41, 5.74) is 2.38. The Hall–Kier alpha value is -1.77. The van der Waals surface area contributed by atoms with Gasteiger partial charge in [0.05, 0.1) is 13.4 Å². The highest BCUT2D eigenvalue weighted by atomic mass is 16.5. The van der Waals surface area contributed by atoms with Gasteiger partial charge in [-0.3, -0.25) is 0 Å². The highest BCUT2D eigenvalue weighted by Gasteiger charge is 2.22. The average Bonchev–Trinajstić information content (AvgIpc) is 2.23. The Bertz CT molecular complexity index is 393. The molecule has 0 aliphatic carbocycles. The van der Waals surface area contributed by atoms with E-state index in [4.69, 9.17) is 9.47 Å². The monoisotopic (exact) mass is 190 g/mol. The van der Waals surface area contributed by atoms with Crippen LogP contribution in [0.25, 0.3) is 5.57 Å². The van der Waals surface area contributed by atoms with Crippen molar-refractivity contribution >= 4 is 11.5 Å². The summed E-state index contributed by atoms with van der Waals surface area (Å²) in [6.07, 6.45) is 1.42. The lowest BCUT2D eigenvalue weighted by Crippen LogP contribution is -2.15. The van der Waals surface area contributed by atoms with Gasteiger partial charge < -0.3 is 9.47 Å². The van der Waals surface area contributed by atoms with Crippen LogP contribution in [0.1, 0.15) is 11.1 Å². The molecule has 0 aromatic heterocycles. The van der Waals surface area contributed by atoms with Crippen molar-refractivity contribution in [2.24, 2.45) is 0 Å². The molecule has 1 aromatic rings. The summed E-state index contributed by atoms with van der Waals surface area (Å²) in [5, 5.41) is 0. The van der Waals surface area contributed by atoms with Gasteiger partial charge in [-0.15, -0.1) is 0 Å². The molecule has 0 fully saturated rings. The normalized spacial score (nSPS) is 17.5. The van der Waals surface area contributed by atoms with E-state index < -0.39 is 0 Å². The first-order valence-corrected chi connectivity index (χ1v) is 4.31. The number of ether oxygens (including phenoxy) is 2. The second-order valence-electron chi connectivity index (χ2n) is 3.00. The number of hydrogen-bond acceptors (Lipinski definition) is 3. The van der Waals surface area contributed by atoms with E-state index in [1.165, 1.54) is 13.4 Å². The summed E-state index contributed by atoms with van der Waals surface area (Å²) in [4.78, 5) is 11.4. The first kappa shape index (κ1) is 8.81. The molecule has 0 atom stereocenters. The second kappa shape index (κ2) is 3.54. The third kappa shape index (κ3) is 1.37. The molecule has 1 aliphatic rings. The van der Waals surface area contributed by atoms with Crippen molar-refractivity contribution in [3.8, 4) is 0 Å². The molecule has 0 saturated carbocycles. The van der Waals surface area contributed by atoms with Crippen LogP contribution < -0.4 is 0 Å². The number of carbonyl (C=O) groups is 1. The molecule has 0 unspecified atom stereocenters. The summed E-state index contributed by atoms with van der Waals surface area (Å²) < 4.78 is 9.83. The molecule has 72 valence electrons. The first-order chi connectivity index (χ1) is 6.83. The molecule has 1 heterocycles. The number of carbonyl (C=O) groups excluding carboxylic acids is 1. The molecule has 3 heteroatoms. The number of benzene rings is 1. The van der Waals surface area contributed by atoms with Crippen molar-refractivity contribution in [1.29, 1.82) is 0 Å². The summed E-state index contributed by atoms with van der Waals surface area (Å²) in [5.74, 6) is -0.328. The lowest BCUT2D eigenvalue weighted by molar-refractivity contribution is -0.138. The quantitative estimate of drug-likeness (QED) is 0.384. The molecular weight excluding hydrogens is 180 g/mol. The maximum atomic E-state index is 11.4. The Kier molecular flexibility index (Phi) is 2.23. The molecule has 2 rings (SSSR count). The molecular formula is C11H10O3. The van der Waals surface area contributed by atoms with Gasteiger partial charge in [-0.1, -0.05) is 24.3 Å². The molecule has 0 amide bonds. The third-order valence-corrected chi connectivity index (χ3v) is 2.12. The minimum absolute atomic E-state index is 0.328. The number of cyclic esters (lactones) is 1. The predicted octanol–water partition coefficient (Wildman–Crippen LogP) is 1.73. The lowest BCUT2D eigenvalue weighted by atomic mass is 9.99. The molecule has 1 aliphatic heterocycles. The SMILES string of the molecule is CO/C=C1\C(=O)OCc2ccccc21.